The molecule has 0 atom stereocenters. The van der Waals surface area contributed by atoms with Crippen LogP contribution in [-0.2, 0) is 11.3 Å². The topological polar surface area (TPSA) is 67.2 Å². The van der Waals surface area contributed by atoms with E-state index in [1.165, 1.54) is 23.7 Å². The van der Waals surface area contributed by atoms with Crippen LogP contribution in [0.1, 0.15) is 0 Å². The van der Waals surface area contributed by atoms with Crippen molar-refractivity contribution >= 4 is 28.2 Å². The summed E-state index contributed by atoms with van der Waals surface area (Å²) in [5, 5.41) is 6.82. The minimum atomic E-state index is -0.780. The van der Waals surface area contributed by atoms with E-state index in [9.17, 15) is 18.4 Å². The zero-order valence-electron chi connectivity index (χ0n) is 14.2. The molecule has 1 N–H and O–H groups in total. The Morgan fingerprint density at radius 3 is 2.50 bits per heavy atom. The molecule has 0 fully saturated rings. The second kappa shape index (κ2) is 6.91. The molecule has 1 amide bonds. The Morgan fingerprint density at radius 1 is 1.19 bits per heavy atom. The number of nitrogens with one attached hydrogen (secondary N) is 1. The summed E-state index contributed by atoms with van der Waals surface area (Å²) in [7, 11) is 3.04. The first-order valence-electron chi connectivity index (χ1n) is 7.78. The zero-order valence-corrected chi connectivity index (χ0v) is 14.2. The Morgan fingerprint density at radius 2 is 1.85 bits per heavy atom. The van der Waals surface area contributed by atoms with Gasteiger partial charge >= 0.3 is 0 Å². The van der Waals surface area contributed by atoms with Crippen molar-refractivity contribution in [3.8, 4) is 0 Å². The van der Waals surface area contributed by atoms with Crippen molar-refractivity contribution in [1.29, 1.82) is 0 Å². The first-order chi connectivity index (χ1) is 12.4. The molecule has 6 nitrogen and oxygen atoms in total. The largest absolute Gasteiger partial charge is 0.373 e. The van der Waals surface area contributed by atoms with Crippen LogP contribution in [0.3, 0.4) is 0 Å². The SMILES string of the molecule is CN(C)c1c(F)cc(NC(=O)Cn2ncc(=O)c3ccccc32)cc1F. The van der Waals surface area contributed by atoms with Crippen LogP contribution < -0.4 is 15.6 Å². The lowest BCUT2D eigenvalue weighted by Gasteiger charge is -2.16. The maximum atomic E-state index is 14.0. The molecular weight excluding hydrogens is 342 g/mol. The molecule has 0 saturated carbocycles. The van der Waals surface area contributed by atoms with Gasteiger partial charge in [0.25, 0.3) is 0 Å². The fourth-order valence-corrected chi connectivity index (χ4v) is 2.69. The van der Waals surface area contributed by atoms with Gasteiger partial charge in [0.05, 0.1) is 11.7 Å². The third-order valence-corrected chi connectivity index (χ3v) is 3.80. The number of benzene rings is 2. The molecule has 3 rings (SSSR count). The van der Waals surface area contributed by atoms with Crippen LogP contribution in [0.2, 0.25) is 0 Å². The van der Waals surface area contributed by atoms with Crippen molar-refractivity contribution in [3.05, 3.63) is 64.5 Å². The van der Waals surface area contributed by atoms with Gasteiger partial charge < -0.3 is 10.2 Å². The molecule has 0 spiro atoms. The minimum absolute atomic E-state index is 0.000880. The van der Waals surface area contributed by atoms with Crippen molar-refractivity contribution in [1.82, 2.24) is 9.78 Å². The highest BCUT2D eigenvalue weighted by Crippen LogP contribution is 2.25. The van der Waals surface area contributed by atoms with Gasteiger partial charge in [-0.15, -0.1) is 0 Å². The second-order valence-electron chi connectivity index (χ2n) is 5.91. The number of amides is 1. The summed E-state index contributed by atoms with van der Waals surface area (Å²) in [5.41, 5.74) is 0.0631. The van der Waals surface area contributed by atoms with Crippen molar-refractivity contribution < 1.29 is 13.6 Å². The highest BCUT2D eigenvalue weighted by molar-refractivity contribution is 5.91. The number of para-hydroxylation sites is 1. The molecule has 2 aromatic carbocycles. The average Bonchev–Trinajstić information content (AvgIpc) is 2.56. The predicted octanol–water partition coefficient (Wildman–Crippen LogP) is 2.38. The normalized spacial score (nSPS) is 10.8. The monoisotopic (exact) mass is 358 g/mol. The van der Waals surface area contributed by atoms with E-state index in [0.717, 1.165) is 18.3 Å². The number of carbonyl (C=O) groups is 1. The Balaban J connectivity index is 1.84. The first kappa shape index (κ1) is 17.5. The third-order valence-electron chi connectivity index (χ3n) is 3.80. The molecule has 3 aromatic rings. The number of fused-ring (bicyclic) bond motifs is 1. The van der Waals surface area contributed by atoms with Crippen LogP contribution in [0.15, 0.2) is 47.4 Å². The van der Waals surface area contributed by atoms with Gasteiger partial charge in [0.2, 0.25) is 11.3 Å². The average molecular weight is 358 g/mol. The number of hydrogen-bond acceptors (Lipinski definition) is 4. The van der Waals surface area contributed by atoms with Gasteiger partial charge in [-0.05, 0) is 24.3 Å². The van der Waals surface area contributed by atoms with Crippen LogP contribution in [0.5, 0.6) is 0 Å². The number of aromatic nitrogens is 2. The summed E-state index contributed by atoms with van der Waals surface area (Å²) < 4.78 is 29.4. The van der Waals surface area contributed by atoms with Crippen LogP contribution in [-0.4, -0.2) is 29.8 Å². The van der Waals surface area contributed by atoms with Crippen LogP contribution >= 0.6 is 0 Å². The summed E-state index contributed by atoms with van der Waals surface area (Å²) in [6.07, 6.45) is 1.13. The van der Waals surface area contributed by atoms with E-state index in [4.69, 9.17) is 0 Å². The van der Waals surface area contributed by atoms with E-state index in [1.54, 1.807) is 24.3 Å². The fourth-order valence-electron chi connectivity index (χ4n) is 2.69. The van der Waals surface area contributed by atoms with Crippen molar-refractivity contribution in [3.63, 3.8) is 0 Å². The lowest BCUT2D eigenvalue weighted by molar-refractivity contribution is -0.116. The Kier molecular flexibility index (Phi) is 4.66. The Hall–Kier alpha value is -3.29. The van der Waals surface area contributed by atoms with Crippen molar-refractivity contribution in [2.24, 2.45) is 0 Å². The molecule has 0 bridgehead atoms. The Labute approximate surface area is 147 Å². The molecule has 0 unspecified atom stereocenters. The van der Waals surface area contributed by atoms with E-state index in [-0.39, 0.29) is 23.3 Å². The number of carbonyl (C=O) groups excluding carboxylic acids is 1. The molecule has 8 heteroatoms. The standard InChI is InChI=1S/C18H16F2N4O2/c1-23(2)18-13(19)7-11(8-14(18)20)22-17(26)10-24-15-6-4-3-5-12(15)16(25)9-21-24/h3-9H,10H2,1-2H3,(H,22,26). The number of hydrogen-bond donors (Lipinski definition) is 1. The number of nitrogens with zero attached hydrogens (tertiary/aromatic N) is 3. The quantitative estimate of drug-likeness (QED) is 0.778. The van der Waals surface area contributed by atoms with Crippen molar-refractivity contribution in [2.45, 2.75) is 6.54 Å². The minimum Gasteiger partial charge on any atom is -0.373 e. The van der Waals surface area contributed by atoms with Gasteiger partial charge in [-0.2, -0.15) is 5.10 Å². The highest BCUT2D eigenvalue weighted by atomic mass is 19.1. The van der Waals surface area contributed by atoms with Crippen LogP contribution in [0.25, 0.3) is 10.9 Å². The summed E-state index contributed by atoms with van der Waals surface area (Å²) in [6.45, 7) is -0.209. The number of halogens is 2. The summed E-state index contributed by atoms with van der Waals surface area (Å²) >= 11 is 0. The lowest BCUT2D eigenvalue weighted by Crippen LogP contribution is -2.23. The summed E-state index contributed by atoms with van der Waals surface area (Å²) in [4.78, 5) is 25.4. The molecule has 26 heavy (non-hydrogen) atoms. The smallest absolute Gasteiger partial charge is 0.246 e. The van der Waals surface area contributed by atoms with E-state index in [2.05, 4.69) is 10.4 Å². The van der Waals surface area contributed by atoms with Gasteiger partial charge in [-0.1, -0.05) is 12.1 Å². The van der Waals surface area contributed by atoms with E-state index >= 15 is 0 Å². The molecule has 1 heterocycles. The maximum Gasteiger partial charge on any atom is 0.246 e. The maximum absolute atomic E-state index is 14.0. The lowest BCUT2D eigenvalue weighted by atomic mass is 10.2. The Bertz CT molecular complexity index is 1020. The first-order valence-corrected chi connectivity index (χ1v) is 7.78. The summed E-state index contributed by atoms with van der Waals surface area (Å²) in [5.74, 6) is -2.09. The van der Waals surface area contributed by atoms with E-state index in [1.807, 2.05) is 0 Å². The zero-order chi connectivity index (χ0) is 18.8. The van der Waals surface area contributed by atoms with Gasteiger partial charge in [0.1, 0.15) is 12.2 Å². The summed E-state index contributed by atoms with van der Waals surface area (Å²) in [6, 6.07) is 8.84. The fraction of sp³-hybridized carbons (Fsp3) is 0.167. The van der Waals surface area contributed by atoms with Gasteiger partial charge in [-0.25, -0.2) is 8.78 Å². The van der Waals surface area contributed by atoms with Gasteiger partial charge in [-0.3, -0.25) is 14.3 Å². The molecule has 134 valence electrons. The molecule has 0 aliphatic carbocycles. The van der Waals surface area contributed by atoms with Crippen LogP contribution in [0.4, 0.5) is 20.2 Å². The number of anilines is 2. The van der Waals surface area contributed by atoms with E-state index in [0.29, 0.717) is 10.9 Å². The molecule has 0 aliphatic heterocycles. The third kappa shape index (κ3) is 3.39. The molecule has 1 aromatic heterocycles. The van der Waals surface area contributed by atoms with Crippen molar-refractivity contribution in [2.75, 3.05) is 24.3 Å². The molecule has 0 saturated heterocycles. The molecular formula is C18H16F2N4O2. The van der Waals surface area contributed by atoms with E-state index < -0.39 is 17.5 Å². The number of rotatable bonds is 4. The van der Waals surface area contributed by atoms with Crippen LogP contribution in [0, 0.1) is 11.6 Å². The van der Waals surface area contributed by atoms with Gasteiger partial charge in [0, 0.05) is 25.2 Å². The predicted molar refractivity (Wildman–Crippen MR) is 95.3 cm³/mol. The second-order valence-corrected chi connectivity index (χ2v) is 5.91. The molecule has 0 aliphatic rings. The molecule has 0 radical (unpaired) electrons. The van der Waals surface area contributed by atoms with Gasteiger partial charge in [0.15, 0.2) is 11.6 Å². The highest BCUT2D eigenvalue weighted by Gasteiger charge is 2.15.